The van der Waals surface area contributed by atoms with Gasteiger partial charge in [-0.3, -0.25) is 4.90 Å². The van der Waals surface area contributed by atoms with Crippen molar-refractivity contribution in [2.24, 2.45) is 0 Å². The summed E-state index contributed by atoms with van der Waals surface area (Å²) in [5, 5.41) is 9.99. The van der Waals surface area contributed by atoms with Gasteiger partial charge in [-0.05, 0) is 45.2 Å². The van der Waals surface area contributed by atoms with Crippen LogP contribution in [0.15, 0.2) is 11.6 Å². The lowest BCUT2D eigenvalue weighted by molar-refractivity contribution is 0.154. The largest absolute Gasteiger partial charge is 0.393 e. The molecule has 0 saturated heterocycles. The Hall–Kier alpha value is -0.780. The van der Waals surface area contributed by atoms with Crippen LogP contribution in [0.3, 0.4) is 0 Å². The molecule has 1 unspecified atom stereocenters. The molecule has 0 aliphatic heterocycles. The summed E-state index contributed by atoms with van der Waals surface area (Å²) in [6, 6.07) is 0. The van der Waals surface area contributed by atoms with Crippen LogP contribution in [0.2, 0.25) is 0 Å². The summed E-state index contributed by atoms with van der Waals surface area (Å²) in [5.41, 5.74) is 1.38. The third-order valence-corrected chi connectivity index (χ3v) is 3.22. The van der Waals surface area contributed by atoms with Crippen molar-refractivity contribution in [3.05, 3.63) is 11.6 Å². The topological polar surface area (TPSA) is 23.5 Å². The van der Waals surface area contributed by atoms with Crippen LogP contribution in [-0.2, 0) is 0 Å². The Morgan fingerprint density at radius 3 is 2.61 bits per heavy atom. The third-order valence-electron chi connectivity index (χ3n) is 3.22. The Morgan fingerprint density at radius 1 is 1.39 bits per heavy atom. The molecular weight excluding hydrogens is 222 g/mol. The van der Waals surface area contributed by atoms with Crippen molar-refractivity contribution in [3.8, 4) is 12.3 Å². The number of hydrogen-bond acceptors (Lipinski definition) is 2. The SMILES string of the molecule is C#CCN(CC)CCCC(O)C/C(=C\CC)CC. The van der Waals surface area contributed by atoms with Gasteiger partial charge in [0, 0.05) is 0 Å². The first kappa shape index (κ1) is 17.2. The summed E-state index contributed by atoms with van der Waals surface area (Å²) in [6.07, 6.45) is 12.1. The molecule has 0 radical (unpaired) electrons. The lowest BCUT2D eigenvalue weighted by Gasteiger charge is -2.18. The van der Waals surface area contributed by atoms with Crippen molar-refractivity contribution in [2.75, 3.05) is 19.6 Å². The van der Waals surface area contributed by atoms with Gasteiger partial charge >= 0.3 is 0 Å². The molecule has 2 heteroatoms. The minimum Gasteiger partial charge on any atom is -0.393 e. The van der Waals surface area contributed by atoms with Gasteiger partial charge in [0.2, 0.25) is 0 Å². The lowest BCUT2D eigenvalue weighted by atomic mass is 10.0. The van der Waals surface area contributed by atoms with Crippen LogP contribution in [0, 0.1) is 12.3 Å². The quantitative estimate of drug-likeness (QED) is 0.476. The van der Waals surface area contributed by atoms with E-state index in [1.165, 1.54) is 5.57 Å². The molecule has 0 aromatic carbocycles. The summed E-state index contributed by atoms with van der Waals surface area (Å²) in [6.45, 7) is 9.09. The van der Waals surface area contributed by atoms with E-state index in [4.69, 9.17) is 6.42 Å². The molecule has 18 heavy (non-hydrogen) atoms. The van der Waals surface area contributed by atoms with Gasteiger partial charge in [0.15, 0.2) is 0 Å². The van der Waals surface area contributed by atoms with E-state index in [2.05, 4.69) is 37.7 Å². The van der Waals surface area contributed by atoms with Gasteiger partial charge in [-0.15, -0.1) is 6.42 Å². The normalized spacial score (nSPS) is 13.7. The zero-order valence-electron chi connectivity index (χ0n) is 12.3. The van der Waals surface area contributed by atoms with E-state index in [1.54, 1.807) is 0 Å². The van der Waals surface area contributed by atoms with Gasteiger partial charge in [-0.25, -0.2) is 0 Å². The second kappa shape index (κ2) is 11.3. The molecule has 0 aliphatic rings. The summed E-state index contributed by atoms with van der Waals surface area (Å²) >= 11 is 0. The number of hydrogen-bond donors (Lipinski definition) is 1. The lowest BCUT2D eigenvalue weighted by Crippen LogP contribution is -2.25. The highest BCUT2D eigenvalue weighted by Gasteiger charge is 2.07. The second-order valence-corrected chi connectivity index (χ2v) is 4.70. The number of nitrogens with zero attached hydrogens (tertiary/aromatic N) is 1. The van der Waals surface area contributed by atoms with E-state index in [0.29, 0.717) is 6.54 Å². The monoisotopic (exact) mass is 251 g/mol. The molecule has 0 rings (SSSR count). The van der Waals surface area contributed by atoms with E-state index in [9.17, 15) is 5.11 Å². The maximum Gasteiger partial charge on any atom is 0.0598 e. The zero-order valence-corrected chi connectivity index (χ0v) is 12.3. The van der Waals surface area contributed by atoms with Gasteiger partial charge in [0.05, 0.1) is 12.6 Å². The molecule has 1 atom stereocenters. The molecule has 104 valence electrons. The number of terminal acetylenes is 1. The highest BCUT2D eigenvalue weighted by Crippen LogP contribution is 2.14. The van der Waals surface area contributed by atoms with Crippen LogP contribution in [0.1, 0.15) is 52.9 Å². The van der Waals surface area contributed by atoms with E-state index in [-0.39, 0.29) is 6.10 Å². The van der Waals surface area contributed by atoms with Crippen LogP contribution in [0.4, 0.5) is 0 Å². The van der Waals surface area contributed by atoms with Crippen molar-refractivity contribution >= 4 is 0 Å². The molecule has 0 heterocycles. The Labute approximate surface area is 113 Å². The van der Waals surface area contributed by atoms with Crippen molar-refractivity contribution < 1.29 is 5.11 Å². The van der Waals surface area contributed by atoms with E-state index in [0.717, 1.165) is 45.2 Å². The van der Waals surface area contributed by atoms with Crippen molar-refractivity contribution in [2.45, 2.75) is 59.0 Å². The smallest absolute Gasteiger partial charge is 0.0598 e. The van der Waals surface area contributed by atoms with E-state index in [1.807, 2.05) is 0 Å². The maximum absolute atomic E-state index is 9.99. The van der Waals surface area contributed by atoms with Crippen molar-refractivity contribution in [3.63, 3.8) is 0 Å². The van der Waals surface area contributed by atoms with Crippen LogP contribution in [0.5, 0.6) is 0 Å². The summed E-state index contributed by atoms with van der Waals surface area (Å²) < 4.78 is 0. The first-order chi connectivity index (χ1) is 8.67. The van der Waals surface area contributed by atoms with E-state index >= 15 is 0 Å². The van der Waals surface area contributed by atoms with Crippen LogP contribution >= 0.6 is 0 Å². The summed E-state index contributed by atoms with van der Waals surface area (Å²) in [7, 11) is 0. The number of aliphatic hydroxyl groups excluding tert-OH is 1. The zero-order chi connectivity index (χ0) is 13.8. The van der Waals surface area contributed by atoms with Gasteiger partial charge in [-0.1, -0.05) is 38.3 Å². The van der Waals surface area contributed by atoms with Crippen LogP contribution in [-0.4, -0.2) is 35.7 Å². The molecule has 0 aromatic heterocycles. The molecule has 0 aliphatic carbocycles. The fraction of sp³-hybridized carbons (Fsp3) is 0.750. The third kappa shape index (κ3) is 8.33. The Morgan fingerprint density at radius 2 is 2.11 bits per heavy atom. The Bertz CT molecular complexity index is 265. The highest BCUT2D eigenvalue weighted by molar-refractivity contribution is 5.02. The Kier molecular flexibility index (Phi) is 10.8. The van der Waals surface area contributed by atoms with Crippen molar-refractivity contribution in [1.82, 2.24) is 4.90 Å². The van der Waals surface area contributed by atoms with Gasteiger partial charge in [0.1, 0.15) is 0 Å². The molecule has 0 fully saturated rings. The predicted molar refractivity (Wildman–Crippen MR) is 79.5 cm³/mol. The fourth-order valence-electron chi connectivity index (χ4n) is 2.09. The number of rotatable bonds is 10. The molecular formula is C16H29NO. The molecule has 0 bridgehead atoms. The van der Waals surface area contributed by atoms with Crippen molar-refractivity contribution in [1.29, 1.82) is 0 Å². The number of allylic oxidation sites excluding steroid dienone is 1. The fourth-order valence-corrected chi connectivity index (χ4v) is 2.09. The highest BCUT2D eigenvalue weighted by atomic mass is 16.3. The van der Waals surface area contributed by atoms with Crippen LogP contribution < -0.4 is 0 Å². The molecule has 1 N–H and O–H groups in total. The number of aliphatic hydroxyl groups is 1. The Balaban J connectivity index is 3.86. The first-order valence-electron chi connectivity index (χ1n) is 7.19. The minimum absolute atomic E-state index is 0.202. The molecule has 0 amide bonds. The molecule has 0 saturated carbocycles. The maximum atomic E-state index is 9.99. The van der Waals surface area contributed by atoms with Crippen LogP contribution in [0.25, 0.3) is 0 Å². The van der Waals surface area contributed by atoms with Gasteiger partial charge in [0.25, 0.3) is 0 Å². The predicted octanol–water partition coefficient (Wildman–Crippen LogP) is 3.22. The average Bonchev–Trinajstić information content (AvgIpc) is 2.37. The molecule has 0 spiro atoms. The summed E-state index contributed by atoms with van der Waals surface area (Å²) in [4.78, 5) is 2.23. The average molecular weight is 251 g/mol. The van der Waals surface area contributed by atoms with E-state index < -0.39 is 0 Å². The van der Waals surface area contributed by atoms with Gasteiger partial charge in [-0.2, -0.15) is 0 Å². The second-order valence-electron chi connectivity index (χ2n) is 4.70. The first-order valence-corrected chi connectivity index (χ1v) is 7.19. The standard InChI is InChI=1S/C16H29NO/c1-5-10-15(7-3)14-16(18)11-9-13-17(8-4)12-6-2/h2,10,16,18H,5,7-9,11-14H2,1,3-4H3/b15-10-. The summed E-state index contributed by atoms with van der Waals surface area (Å²) in [5.74, 6) is 2.67. The molecule has 0 aromatic rings. The molecule has 2 nitrogen and oxygen atoms in total. The van der Waals surface area contributed by atoms with Gasteiger partial charge < -0.3 is 5.11 Å². The minimum atomic E-state index is -0.202.